The Hall–Kier alpha value is -2.19. The summed E-state index contributed by atoms with van der Waals surface area (Å²) in [6.45, 7) is 0. The van der Waals surface area contributed by atoms with Crippen LogP contribution >= 0.6 is 0 Å². The maximum Gasteiger partial charge on any atom is 0.418 e. The van der Waals surface area contributed by atoms with Crippen molar-refractivity contribution in [2.45, 2.75) is 12.6 Å². The first-order valence-corrected chi connectivity index (χ1v) is 4.13. The molecule has 1 rings (SSSR count). The molecule has 1 heterocycles. The van der Waals surface area contributed by atoms with Crippen LogP contribution in [0.2, 0.25) is 0 Å². The van der Waals surface area contributed by atoms with Gasteiger partial charge >= 0.3 is 12.1 Å². The van der Waals surface area contributed by atoms with Crippen LogP contribution in [0.5, 0.6) is 0 Å². The van der Waals surface area contributed by atoms with Gasteiger partial charge in [-0.3, -0.25) is 19.9 Å². The minimum Gasteiger partial charge on any atom is -0.481 e. The van der Waals surface area contributed by atoms with Crippen LogP contribution in [0.1, 0.15) is 11.1 Å². The Balaban J connectivity index is 3.45. The van der Waals surface area contributed by atoms with Crippen molar-refractivity contribution in [2.24, 2.45) is 0 Å². The SMILES string of the molecule is O=C(O)Cc1c([N+](=O)[O-])cncc1C(F)(F)F. The smallest absolute Gasteiger partial charge is 0.418 e. The minimum atomic E-state index is -4.89. The average molecular weight is 250 g/mol. The molecule has 17 heavy (non-hydrogen) atoms. The number of nitrogens with zero attached hydrogens (tertiary/aromatic N) is 2. The zero-order valence-electron chi connectivity index (χ0n) is 8.06. The Morgan fingerprint density at radius 3 is 2.47 bits per heavy atom. The van der Waals surface area contributed by atoms with Crippen molar-refractivity contribution in [3.05, 3.63) is 33.6 Å². The summed E-state index contributed by atoms with van der Waals surface area (Å²) < 4.78 is 37.5. The van der Waals surface area contributed by atoms with E-state index in [2.05, 4.69) is 4.98 Å². The van der Waals surface area contributed by atoms with Gasteiger partial charge in [-0.25, -0.2) is 0 Å². The van der Waals surface area contributed by atoms with Gasteiger partial charge in [0.2, 0.25) is 0 Å². The summed E-state index contributed by atoms with van der Waals surface area (Å²) in [7, 11) is 0. The Labute approximate surface area is 91.9 Å². The molecule has 0 fully saturated rings. The third-order valence-corrected chi connectivity index (χ3v) is 1.86. The molecule has 92 valence electrons. The van der Waals surface area contributed by atoms with Crippen LogP contribution in [0.4, 0.5) is 18.9 Å². The van der Waals surface area contributed by atoms with E-state index in [9.17, 15) is 28.1 Å². The molecule has 0 saturated carbocycles. The van der Waals surface area contributed by atoms with Gasteiger partial charge in [-0.1, -0.05) is 0 Å². The fraction of sp³-hybridized carbons (Fsp3) is 0.250. The standard InChI is InChI=1S/C8H5F3N2O4/c9-8(10,11)5-2-12-3-6(13(16)17)4(5)1-7(14)15/h2-3H,1H2,(H,14,15). The van der Waals surface area contributed by atoms with E-state index in [1.807, 2.05) is 0 Å². The van der Waals surface area contributed by atoms with Crippen LogP contribution in [0.15, 0.2) is 12.4 Å². The van der Waals surface area contributed by atoms with Crippen molar-refractivity contribution in [2.75, 3.05) is 0 Å². The van der Waals surface area contributed by atoms with Gasteiger partial charge < -0.3 is 5.11 Å². The highest BCUT2D eigenvalue weighted by Crippen LogP contribution is 2.35. The number of alkyl halides is 3. The summed E-state index contributed by atoms with van der Waals surface area (Å²) in [5, 5.41) is 18.9. The second-order valence-corrected chi connectivity index (χ2v) is 3.01. The zero-order chi connectivity index (χ0) is 13.2. The number of halogens is 3. The molecular weight excluding hydrogens is 245 g/mol. The van der Waals surface area contributed by atoms with Crippen LogP contribution < -0.4 is 0 Å². The first-order valence-electron chi connectivity index (χ1n) is 4.13. The molecule has 0 spiro atoms. The van der Waals surface area contributed by atoms with E-state index in [1.54, 1.807) is 0 Å². The van der Waals surface area contributed by atoms with Gasteiger partial charge in [-0.05, 0) is 0 Å². The fourth-order valence-electron chi connectivity index (χ4n) is 1.21. The summed E-state index contributed by atoms with van der Waals surface area (Å²) in [4.78, 5) is 22.9. The lowest BCUT2D eigenvalue weighted by molar-refractivity contribution is -0.386. The average Bonchev–Trinajstić information content (AvgIpc) is 2.14. The van der Waals surface area contributed by atoms with E-state index in [0.717, 1.165) is 0 Å². The molecule has 0 unspecified atom stereocenters. The van der Waals surface area contributed by atoms with Crippen LogP contribution in [-0.4, -0.2) is 21.0 Å². The molecule has 0 aromatic carbocycles. The molecule has 0 atom stereocenters. The molecule has 0 saturated heterocycles. The Morgan fingerprint density at radius 2 is 2.06 bits per heavy atom. The van der Waals surface area contributed by atoms with Crippen molar-refractivity contribution in [3.8, 4) is 0 Å². The number of hydrogen-bond donors (Lipinski definition) is 1. The predicted octanol–water partition coefficient (Wildman–Crippen LogP) is 1.64. The number of aliphatic carboxylic acids is 1. The Kier molecular flexibility index (Phi) is 3.30. The van der Waals surface area contributed by atoms with Crippen molar-refractivity contribution in [3.63, 3.8) is 0 Å². The minimum absolute atomic E-state index is 0.366. The van der Waals surface area contributed by atoms with E-state index in [-0.39, 0.29) is 0 Å². The summed E-state index contributed by atoms with van der Waals surface area (Å²) >= 11 is 0. The summed E-state index contributed by atoms with van der Waals surface area (Å²) in [6, 6.07) is 0. The molecule has 0 aliphatic heterocycles. The molecule has 6 nitrogen and oxygen atoms in total. The summed E-state index contributed by atoms with van der Waals surface area (Å²) in [5.74, 6) is -1.59. The first-order chi connectivity index (χ1) is 7.73. The molecule has 0 bridgehead atoms. The lowest BCUT2D eigenvalue weighted by atomic mass is 10.1. The van der Waals surface area contributed by atoms with Gasteiger partial charge in [0.15, 0.2) is 0 Å². The second-order valence-electron chi connectivity index (χ2n) is 3.01. The van der Waals surface area contributed by atoms with Gasteiger partial charge in [-0.15, -0.1) is 0 Å². The normalized spacial score (nSPS) is 11.2. The maximum absolute atomic E-state index is 12.5. The molecule has 1 aromatic rings. The van der Waals surface area contributed by atoms with E-state index in [4.69, 9.17) is 5.11 Å². The molecule has 1 N–H and O–H groups in total. The molecule has 1 aromatic heterocycles. The monoisotopic (exact) mass is 250 g/mol. The van der Waals surface area contributed by atoms with Crippen molar-refractivity contribution in [1.29, 1.82) is 0 Å². The lowest BCUT2D eigenvalue weighted by Crippen LogP contribution is -2.14. The second kappa shape index (κ2) is 4.36. The number of carbonyl (C=O) groups is 1. The van der Waals surface area contributed by atoms with Gasteiger partial charge in [0.05, 0.1) is 22.5 Å². The van der Waals surface area contributed by atoms with Crippen LogP contribution in [0, 0.1) is 10.1 Å². The number of rotatable bonds is 3. The number of pyridine rings is 1. The van der Waals surface area contributed by atoms with Gasteiger partial charge in [0, 0.05) is 6.20 Å². The number of carboxylic acids is 1. The lowest BCUT2D eigenvalue weighted by Gasteiger charge is -2.10. The quantitative estimate of drug-likeness (QED) is 0.650. The molecule has 0 aliphatic carbocycles. The summed E-state index contributed by atoms with van der Waals surface area (Å²) in [6.07, 6.45) is -5.02. The third kappa shape index (κ3) is 2.89. The van der Waals surface area contributed by atoms with E-state index >= 15 is 0 Å². The Bertz CT molecular complexity index is 472. The topological polar surface area (TPSA) is 93.3 Å². The van der Waals surface area contributed by atoms with Crippen LogP contribution in [0.3, 0.4) is 0 Å². The highest BCUT2D eigenvalue weighted by molar-refractivity contribution is 5.72. The molecule has 0 radical (unpaired) electrons. The van der Waals surface area contributed by atoms with E-state index in [0.29, 0.717) is 12.4 Å². The molecule has 9 heteroatoms. The zero-order valence-corrected chi connectivity index (χ0v) is 8.06. The number of hydrogen-bond acceptors (Lipinski definition) is 4. The largest absolute Gasteiger partial charge is 0.481 e. The van der Waals surface area contributed by atoms with Crippen molar-refractivity contribution >= 4 is 11.7 Å². The number of nitro groups is 1. The number of carboxylic acid groups (broad SMARTS) is 1. The highest BCUT2D eigenvalue weighted by Gasteiger charge is 2.37. The van der Waals surface area contributed by atoms with Crippen LogP contribution in [0.25, 0.3) is 0 Å². The van der Waals surface area contributed by atoms with Crippen molar-refractivity contribution in [1.82, 2.24) is 4.98 Å². The van der Waals surface area contributed by atoms with Gasteiger partial charge in [0.25, 0.3) is 5.69 Å². The first kappa shape index (κ1) is 12.9. The van der Waals surface area contributed by atoms with Crippen LogP contribution in [-0.2, 0) is 17.4 Å². The Morgan fingerprint density at radius 1 is 1.47 bits per heavy atom. The summed E-state index contributed by atoms with van der Waals surface area (Å²) in [5.41, 5.74) is -3.26. The van der Waals surface area contributed by atoms with E-state index in [1.165, 1.54) is 0 Å². The third-order valence-electron chi connectivity index (χ3n) is 1.86. The van der Waals surface area contributed by atoms with E-state index < -0.39 is 40.3 Å². The number of aromatic nitrogens is 1. The van der Waals surface area contributed by atoms with Gasteiger partial charge in [0.1, 0.15) is 6.20 Å². The van der Waals surface area contributed by atoms with Crippen molar-refractivity contribution < 1.29 is 28.0 Å². The molecule has 0 amide bonds. The molecular formula is C8H5F3N2O4. The molecule has 0 aliphatic rings. The fourth-order valence-corrected chi connectivity index (χ4v) is 1.21. The predicted molar refractivity (Wildman–Crippen MR) is 47.2 cm³/mol. The van der Waals surface area contributed by atoms with Gasteiger partial charge in [-0.2, -0.15) is 13.2 Å². The highest BCUT2D eigenvalue weighted by atomic mass is 19.4. The maximum atomic E-state index is 12.5.